The van der Waals surface area contributed by atoms with Crippen molar-refractivity contribution in [1.29, 1.82) is 0 Å². The molecule has 0 saturated heterocycles. The number of carbonyl (C=O) groups excluding carboxylic acids is 1. The van der Waals surface area contributed by atoms with E-state index in [4.69, 9.17) is 4.74 Å². The Morgan fingerprint density at radius 3 is 2.41 bits per heavy atom. The van der Waals surface area contributed by atoms with Crippen LogP contribution in [-0.4, -0.2) is 31.8 Å². The van der Waals surface area contributed by atoms with Gasteiger partial charge in [-0.25, -0.2) is 14.6 Å². The Morgan fingerprint density at radius 2 is 1.79 bits per heavy atom. The second-order valence-corrected chi connectivity index (χ2v) is 7.04. The van der Waals surface area contributed by atoms with Crippen LogP contribution in [-0.2, 0) is 17.8 Å². The first-order valence-electron chi connectivity index (χ1n) is 9.55. The van der Waals surface area contributed by atoms with Crippen molar-refractivity contribution in [3.8, 4) is 5.88 Å². The van der Waals surface area contributed by atoms with Crippen molar-refractivity contribution in [3.63, 3.8) is 0 Å². The molecule has 0 unspecified atom stereocenters. The van der Waals surface area contributed by atoms with Crippen molar-refractivity contribution < 1.29 is 14.6 Å². The van der Waals surface area contributed by atoms with Crippen LogP contribution in [0, 0.1) is 0 Å². The number of azo groups is 1. The molecule has 11 heteroatoms. The lowest BCUT2D eigenvalue weighted by atomic mass is 10.3. The normalized spacial score (nSPS) is 11.3. The second-order valence-electron chi connectivity index (χ2n) is 6.21. The van der Waals surface area contributed by atoms with Gasteiger partial charge in [0.15, 0.2) is 5.69 Å². The molecule has 0 bridgehead atoms. The predicted octanol–water partition coefficient (Wildman–Crippen LogP) is 3.36. The quantitative estimate of drug-likeness (QED) is 0.461. The number of ether oxygens (including phenoxy) is 1. The van der Waals surface area contributed by atoms with E-state index in [1.807, 2.05) is 13.8 Å². The Hall–Kier alpha value is -2.82. The number of aromatic hydroxyl groups is 1. The Kier molecular flexibility index (Phi) is 8.25. The maximum Gasteiger partial charge on any atom is 0.357 e. The number of esters is 1. The molecule has 0 aliphatic carbocycles. The summed E-state index contributed by atoms with van der Waals surface area (Å²) in [7, 11) is 0. The van der Waals surface area contributed by atoms with E-state index in [1.165, 1.54) is 5.38 Å². The molecule has 2 aromatic heterocycles. The lowest BCUT2D eigenvalue weighted by Crippen LogP contribution is -2.39. The molecule has 158 valence electrons. The number of hydrogen-bond donors (Lipinski definition) is 1. The third kappa shape index (κ3) is 5.37. The molecule has 0 atom stereocenters. The minimum Gasteiger partial charge on any atom is -0.493 e. The molecule has 2 heterocycles. The summed E-state index contributed by atoms with van der Waals surface area (Å²) in [5.74, 6) is -1.10. The van der Waals surface area contributed by atoms with Crippen LogP contribution in [0.2, 0.25) is 0 Å². The van der Waals surface area contributed by atoms with Crippen LogP contribution in [0.1, 0.15) is 56.9 Å². The van der Waals surface area contributed by atoms with Gasteiger partial charge in [0, 0.05) is 18.5 Å². The number of carbonyl (C=O) groups is 1. The molecule has 1 N–H and O–H groups in total. The molecule has 0 aromatic carbocycles. The third-order valence-corrected chi connectivity index (χ3v) is 4.78. The van der Waals surface area contributed by atoms with Gasteiger partial charge in [-0.3, -0.25) is 13.9 Å². The third-order valence-electron chi connectivity index (χ3n) is 4.06. The van der Waals surface area contributed by atoms with Crippen molar-refractivity contribution in [2.45, 2.75) is 59.5 Å². The Labute approximate surface area is 171 Å². The molecule has 2 rings (SSSR count). The highest BCUT2D eigenvalue weighted by atomic mass is 32.1. The van der Waals surface area contributed by atoms with Crippen molar-refractivity contribution in [2.24, 2.45) is 10.2 Å². The molecule has 0 aliphatic heterocycles. The van der Waals surface area contributed by atoms with E-state index in [-0.39, 0.29) is 36.2 Å². The van der Waals surface area contributed by atoms with Crippen LogP contribution in [0.25, 0.3) is 0 Å². The highest BCUT2D eigenvalue weighted by Gasteiger charge is 2.19. The summed E-state index contributed by atoms with van der Waals surface area (Å²) in [5, 5.41) is 19.8. The van der Waals surface area contributed by atoms with E-state index in [0.29, 0.717) is 12.8 Å². The van der Waals surface area contributed by atoms with Crippen molar-refractivity contribution >= 4 is 28.1 Å². The van der Waals surface area contributed by atoms with Crippen LogP contribution >= 0.6 is 11.3 Å². The zero-order chi connectivity index (χ0) is 21.4. The number of unbranched alkanes of at least 4 members (excludes halogenated alkanes) is 2. The highest BCUT2D eigenvalue weighted by molar-refractivity contribution is 7.13. The first kappa shape index (κ1) is 22.5. The molecule has 0 saturated carbocycles. The van der Waals surface area contributed by atoms with Crippen molar-refractivity contribution in [3.05, 3.63) is 31.9 Å². The maximum atomic E-state index is 12.7. The molecule has 0 amide bonds. The van der Waals surface area contributed by atoms with Gasteiger partial charge in [0.1, 0.15) is 0 Å². The molecular formula is C18H25N5O5S. The average Bonchev–Trinajstić information content (AvgIpc) is 3.17. The monoisotopic (exact) mass is 423 g/mol. The summed E-state index contributed by atoms with van der Waals surface area (Å²) in [6.07, 6.45) is 2.91. The van der Waals surface area contributed by atoms with Crippen molar-refractivity contribution in [1.82, 2.24) is 14.1 Å². The first-order chi connectivity index (χ1) is 13.9. The lowest BCUT2D eigenvalue weighted by Gasteiger charge is -2.13. The van der Waals surface area contributed by atoms with Crippen LogP contribution in [0.4, 0.5) is 10.8 Å². The predicted molar refractivity (Wildman–Crippen MR) is 109 cm³/mol. The van der Waals surface area contributed by atoms with Gasteiger partial charge >= 0.3 is 11.7 Å². The van der Waals surface area contributed by atoms with Crippen LogP contribution < -0.4 is 11.2 Å². The molecule has 0 fully saturated rings. The minimum atomic E-state index is -0.709. The SMILES string of the molecule is CCCCn1c(O)c(N=Nc2nc(C(=O)OCC)cs2)c(=O)n(CCCC)c1=O. The Balaban J connectivity index is 2.45. The zero-order valence-electron chi connectivity index (χ0n) is 16.8. The molecule has 2 aromatic rings. The molecule has 0 spiro atoms. The van der Waals surface area contributed by atoms with Gasteiger partial charge in [-0.05, 0) is 19.8 Å². The van der Waals surface area contributed by atoms with Gasteiger partial charge in [0.2, 0.25) is 16.7 Å². The first-order valence-corrected chi connectivity index (χ1v) is 10.4. The van der Waals surface area contributed by atoms with E-state index in [0.717, 1.165) is 33.3 Å². The molecular weight excluding hydrogens is 398 g/mol. The average molecular weight is 423 g/mol. The lowest BCUT2D eigenvalue weighted by molar-refractivity contribution is 0.0520. The van der Waals surface area contributed by atoms with E-state index < -0.39 is 23.1 Å². The van der Waals surface area contributed by atoms with Gasteiger partial charge in [0.05, 0.1) is 6.61 Å². The summed E-state index contributed by atoms with van der Waals surface area (Å²) < 4.78 is 7.07. The van der Waals surface area contributed by atoms with Crippen molar-refractivity contribution in [2.75, 3.05) is 6.61 Å². The molecule has 29 heavy (non-hydrogen) atoms. The zero-order valence-corrected chi connectivity index (χ0v) is 17.6. The largest absolute Gasteiger partial charge is 0.493 e. The van der Waals surface area contributed by atoms with Crippen LogP contribution in [0.3, 0.4) is 0 Å². The fourth-order valence-corrected chi connectivity index (χ4v) is 3.10. The van der Waals surface area contributed by atoms with Crippen LogP contribution in [0.5, 0.6) is 5.88 Å². The summed E-state index contributed by atoms with van der Waals surface area (Å²) in [4.78, 5) is 41.0. The van der Waals surface area contributed by atoms with Gasteiger partial charge < -0.3 is 9.84 Å². The van der Waals surface area contributed by atoms with Gasteiger partial charge in [-0.1, -0.05) is 26.7 Å². The van der Waals surface area contributed by atoms with E-state index in [1.54, 1.807) is 6.92 Å². The summed E-state index contributed by atoms with van der Waals surface area (Å²) in [6.45, 7) is 6.31. The summed E-state index contributed by atoms with van der Waals surface area (Å²) in [5.41, 5.74) is -1.51. The second kappa shape index (κ2) is 10.6. The van der Waals surface area contributed by atoms with Gasteiger partial charge in [-0.2, -0.15) is 0 Å². The fourth-order valence-electron chi connectivity index (χ4n) is 2.49. The van der Waals surface area contributed by atoms with E-state index in [9.17, 15) is 19.5 Å². The fraction of sp³-hybridized carbons (Fsp3) is 0.556. The number of rotatable bonds is 10. The number of nitrogens with zero attached hydrogens (tertiary/aromatic N) is 5. The smallest absolute Gasteiger partial charge is 0.357 e. The maximum absolute atomic E-state index is 12.7. The van der Waals surface area contributed by atoms with E-state index >= 15 is 0 Å². The van der Waals surface area contributed by atoms with E-state index in [2.05, 4.69) is 15.2 Å². The number of thiazole rings is 1. The van der Waals surface area contributed by atoms with Gasteiger partial charge in [-0.15, -0.1) is 21.6 Å². The highest BCUT2D eigenvalue weighted by Crippen LogP contribution is 2.25. The van der Waals surface area contributed by atoms with Gasteiger partial charge in [0.25, 0.3) is 5.56 Å². The molecule has 10 nitrogen and oxygen atoms in total. The summed E-state index contributed by atoms with van der Waals surface area (Å²) in [6, 6.07) is 0. The molecule has 0 aliphatic rings. The standard InChI is InChI=1S/C18H25N5O5S/c1-4-7-9-22-14(24)13(15(25)23(18(22)27)10-8-5-2)20-21-17-19-12(11-29-17)16(26)28-6-3/h11,24H,4-10H2,1-3H3. The number of hydrogen-bond acceptors (Lipinski definition) is 9. The Morgan fingerprint density at radius 1 is 1.14 bits per heavy atom. The minimum absolute atomic E-state index is 0.0864. The topological polar surface area (TPSA) is 128 Å². The van der Waals surface area contributed by atoms with Crippen LogP contribution in [0.15, 0.2) is 25.2 Å². The molecule has 0 radical (unpaired) electrons. The number of aromatic nitrogens is 3. The Bertz CT molecular complexity index is 992. The summed E-state index contributed by atoms with van der Waals surface area (Å²) >= 11 is 1.04.